The van der Waals surface area contributed by atoms with E-state index in [4.69, 9.17) is 9.78 Å². The van der Waals surface area contributed by atoms with Crippen LogP contribution in [0.3, 0.4) is 0 Å². The summed E-state index contributed by atoms with van der Waals surface area (Å²) in [6, 6.07) is 0. The highest BCUT2D eigenvalue weighted by molar-refractivity contribution is 4.85. The molecule has 3 heteroatoms. The second-order valence-corrected chi connectivity index (χ2v) is 3.20. The molecular weight excluding hydrogens is 130 g/mol. The molecule has 0 unspecified atom stereocenters. The summed E-state index contributed by atoms with van der Waals surface area (Å²) in [5.41, 5.74) is 0.335. The molecule has 2 aliphatic rings. The van der Waals surface area contributed by atoms with E-state index in [-0.39, 0.29) is 0 Å². The van der Waals surface area contributed by atoms with Crippen molar-refractivity contribution in [3.63, 3.8) is 0 Å². The molecule has 0 aromatic carbocycles. The van der Waals surface area contributed by atoms with E-state index in [9.17, 15) is 0 Å². The molecule has 2 fully saturated rings. The molecule has 1 spiro atoms. The van der Waals surface area contributed by atoms with Crippen LogP contribution in [0.25, 0.3) is 0 Å². The average molecular weight is 142 g/mol. The number of nitrogens with zero attached hydrogens (tertiary/aromatic N) is 1. The van der Waals surface area contributed by atoms with E-state index < -0.39 is 0 Å². The van der Waals surface area contributed by atoms with E-state index in [1.54, 1.807) is 0 Å². The van der Waals surface area contributed by atoms with Gasteiger partial charge in [0.2, 0.25) is 0 Å². The molecule has 0 atom stereocenters. The van der Waals surface area contributed by atoms with Crippen LogP contribution in [0.1, 0.15) is 12.8 Å². The maximum atomic E-state index is 4.90. The minimum Gasteiger partial charge on any atom is -0.242 e. The van der Waals surface area contributed by atoms with Crippen molar-refractivity contribution in [2.45, 2.75) is 12.8 Å². The van der Waals surface area contributed by atoms with Gasteiger partial charge in [-0.1, -0.05) is 0 Å². The van der Waals surface area contributed by atoms with Crippen LogP contribution in [0.5, 0.6) is 0 Å². The molecule has 0 aromatic rings. The third kappa shape index (κ3) is 1.05. The normalized spacial score (nSPS) is 31.2. The molecule has 2 rings (SSSR count). The minimum atomic E-state index is 0.335. The summed E-state index contributed by atoms with van der Waals surface area (Å²) >= 11 is 0. The quantitative estimate of drug-likeness (QED) is 0.457. The lowest BCUT2D eigenvalue weighted by Gasteiger charge is -2.28. The van der Waals surface area contributed by atoms with E-state index in [1.165, 1.54) is 0 Å². The first-order valence-corrected chi connectivity index (χ1v) is 3.79. The topological polar surface area (TPSA) is 32.6 Å². The average Bonchev–Trinajstić information content (AvgIpc) is 2.39. The molecule has 0 aromatic heterocycles. The van der Waals surface area contributed by atoms with Crippen molar-refractivity contribution >= 4 is 0 Å². The molecule has 2 aliphatic heterocycles. The summed E-state index contributed by atoms with van der Waals surface area (Å²) < 4.78 is 0. The molecule has 0 amide bonds. The van der Waals surface area contributed by atoms with Crippen molar-refractivity contribution in [1.82, 2.24) is 5.32 Å². The molecule has 57 valence electrons. The van der Waals surface area contributed by atoms with Crippen LogP contribution < -0.4 is 5.32 Å². The van der Waals surface area contributed by atoms with E-state index in [1.807, 2.05) is 0 Å². The van der Waals surface area contributed by atoms with Crippen LogP contribution in [-0.2, 0) is 9.78 Å². The Bertz CT molecular complexity index is 113. The molecule has 0 saturated carbocycles. The third-order valence-electron chi connectivity index (χ3n) is 2.41. The zero-order valence-electron chi connectivity index (χ0n) is 6.01. The van der Waals surface area contributed by atoms with Gasteiger partial charge in [-0.3, -0.25) is 0 Å². The molecule has 0 N–H and O–H groups in total. The molecule has 1 radical (unpaired) electrons. The molecule has 2 heterocycles. The lowest BCUT2D eigenvalue weighted by atomic mass is 9.81. The van der Waals surface area contributed by atoms with E-state index in [2.05, 4.69) is 5.32 Å². The second kappa shape index (κ2) is 2.49. The summed E-state index contributed by atoms with van der Waals surface area (Å²) in [5, 5.41) is 4.28. The van der Waals surface area contributed by atoms with E-state index in [0.717, 1.165) is 39.1 Å². The zero-order valence-corrected chi connectivity index (χ0v) is 6.01. The first kappa shape index (κ1) is 6.58. The number of hydrogen-bond acceptors (Lipinski definition) is 2. The summed E-state index contributed by atoms with van der Waals surface area (Å²) in [7, 11) is 0. The Morgan fingerprint density at radius 2 is 1.60 bits per heavy atom. The zero-order chi connectivity index (χ0) is 6.86. The smallest absolute Gasteiger partial charge is 0.0902 e. The molecule has 10 heavy (non-hydrogen) atoms. The highest BCUT2D eigenvalue weighted by atomic mass is 17.2. The largest absolute Gasteiger partial charge is 0.242 e. The Labute approximate surface area is 60.6 Å². The summed E-state index contributed by atoms with van der Waals surface area (Å²) in [6.07, 6.45) is 2.29. The number of rotatable bonds is 0. The predicted octanol–water partition coefficient (Wildman–Crippen LogP) is 0.333. The van der Waals surface area contributed by atoms with Crippen LogP contribution in [-0.4, -0.2) is 26.3 Å². The Morgan fingerprint density at radius 1 is 1.00 bits per heavy atom. The minimum absolute atomic E-state index is 0.335. The van der Waals surface area contributed by atoms with Gasteiger partial charge < -0.3 is 0 Å². The number of hydrogen-bond donors (Lipinski definition) is 0. The predicted molar refractivity (Wildman–Crippen MR) is 35.4 cm³/mol. The van der Waals surface area contributed by atoms with Crippen molar-refractivity contribution in [1.29, 1.82) is 0 Å². The van der Waals surface area contributed by atoms with Crippen molar-refractivity contribution in [2.24, 2.45) is 5.41 Å². The monoisotopic (exact) mass is 142 g/mol. The summed E-state index contributed by atoms with van der Waals surface area (Å²) in [5.74, 6) is 0. The van der Waals surface area contributed by atoms with Gasteiger partial charge in [-0.05, 0) is 12.8 Å². The summed E-state index contributed by atoms with van der Waals surface area (Å²) in [4.78, 5) is 9.79. The Kier molecular flexibility index (Phi) is 1.64. The van der Waals surface area contributed by atoms with Gasteiger partial charge in [0, 0.05) is 18.5 Å². The van der Waals surface area contributed by atoms with Crippen LogP contribution in [0.4, 0.5) is 0 Å². The Morgan fingerprint density at radius 3 is 2.20 bits per heavy atom. The van der Waals surface area contributed by atoms with Gasteiger partial charge in [-0.15, -0.1) is 0 Å². The van der Waals surface area contributed by atoms with Gasteiger partial charge in [-0.25, -0.2) is 15.1 Å². The molecule has 3 nitrogen and oxygen atoms in total. The lowest BCUT2D eigenvalue weighted by molar-refractivity contribution is -0.248. The number of piperidine rings is 1. The fraction of sp³-hybridized carbons (Fsp3) is 1.00. The van der Waals surface area contributed by atoms with Crippen molar-refractivity contribution < 1.29 is 9.78 Å². The fourth-order valence-corrected chi connectivity index (χ4v) is 1.53. The van der Waals surface area contributed by atoms with Gasteiger partial charge in [-0.2, -0.15) is 0 Å². The van der Waals surface area contributed by atoms with E-state index >= 15 is 0 Å². The van der Waals surface area contributed by atoms with Crippen LogP contribution in [0.2, 0.25) is 0 Å². The molecular formula is C7H12NO2. The fourth-order valence-electron chi connectivity index (χ4n) is 1.53. The van der Waals surface area contributed by atoms with Crippen LogP contribution in [0.15, 0.2) is 0 Å². The summed E-state index contributed by atoms with van der Waals surface area (Å²) in [6.45, 7) is 3.55. The maximum Gasteiger partial charge on any atom is 0.0902 e. The molecule has 0 aliphatic carbocycles. The lowest BCUT2D eigenvalue weighted by Crippen LogP contribution is -2.35. The highest BCUT2D eigenvalue weighted by Gasteiger charge is 2.37. The van der Waals surface area contributed by atoms with Crippen LogP contribution >= 0.6 is 0 Å². The van der Waals surface area contributed by atoms with Crippen LogP contribution in [0, 0.1) is 5.41 Å². The standard InChI is InChI=1S/C7H12NO2/c1-3-8-4-2-7(1)5-9-10-6-7/h1-6H2. The van der Waals surface area contributed by atoms with Gasteiger partial charge in [0.1, 0.15) is 0 Å². The van der Waals surface area contributed by atoms with Gasteiger partial charge in [0.05, 0.1) is 13.2 Å². The first-order chi connectivity index (χ1) is 4.91. The van der Waals surface area contributed by atoms with E-state index in [0.29, 0.717) is 5.41 Å². The van der Waals surface area contributed by atoms with Crippen molar-refractivity contribution in [2.75, 3.05) is 26.3 Å². The van der Waals surface area contributed by atoms with Crippen molar-refractivity contribution in [3.8, 4) is 0 Å². The van der Waals surface area contributed by atoms with Gasteiger partial charge >= 0.3 is 0 Å². The Hall–Kier alpha value is -0.120. The first-order valence-electron chi connectivity index (χ1n) is 3.79. The van der Waals surface area contributed by atoms with Crippen molar-refractivity contribution in [3.05, 3.63) is 0 Å². The molecule has 2 saturated heterocycles. The highest BCUT2D eigenvalue weighted by Crippen LogP contribution is 2.33. The SMILES string of the molecule is C1CC2(CC[N]1)COOC2. The molecule has 0 bridgehead atoms. The Balaban J connectivity index is 1.98. The van der Waals surface area contributed by atoms with Gasteiger partial charge in [0.15, 0.2) is 0 Å². The maximum absolute atomic E-state index is 4.90. The second-order valence-electron chi connectivity index (χ2n) is 3.20. The van der Waals surface area contributed by atoms with Gasteiger partial charge in [0.25, 0.3) is 0 Å². The third-order valence-corrected chi connectivity index (χ3v) is 2.41.